The van der Waals surface area contributed by atoms with E-state index in [4.69, 9.17) is 0 Å². The number of hydrogen-bond donors (Lipinski definition) is 0. The van der Waals surface area contributed by atoms with Crippen LogP contribution in [0.4, 0.5) is 17.1 Å². The van der Waals surface area contributed by atoms with Gasteiger partial charge < -0.3 is 9.80 Å². The Balaban J connectivity index is 1.07. The van der Waals surface area contributed by atoms with Gasteiger partial charge in [0.05, 0.1) is 11.4 Å². The fourth-order valence-electron chi connectivity index (χ4n) is 9.48. The highest BCUT2D eigenvalue weighted by atomic mass is 15.4. The standard InChI is InChI=1S/C58H42N2/c1-59-54-38-51(52(41-19-7-2-8-20-41)39-55(54)60(47-27-15-6-16-28-47)58(59)45-25-13-5-14-26-45)42-33-31-40(32-34-42)46-35-36-50-53(37-46)57(44-23-11-4-12-24-44)49-30-18-17-29-48(49)56(50)43-21-9-3-10-22-43/h2-39,58H,1H3. The van der Waals surface area contributed by atoms with Crippen LogP contribution in [0.1, 0.15) is 11.7 Å². The molecule has 0 amide bonds. The molecule has 0 bridgehead atoms. The van der Waals surface area contributed by atoms with Crippen LogP contribution in [0.3, 0.4) is 0 Å². The first-order valence-corrected chi connectivity index (χ1v) is 20.8. The van der Waals surface area contributed by atoms with Crippen LogP contribution in [-0.2, 0) is 0 Å². The van der Waals surface area contributed by atoms with Gasteiger partial charge in [-0.15, -0.1) is 0 Å². The lowest BCUT2D eigenvalue weighted by atomic mass is 9.85. The zero-order valence-corrected chi connectivity index (χ0v) is 33.4. The zero-order valence-electron chi connectivity index (χ0n) is 33.4. The molecular weight excluding hydrogens is 725 g/mol. The van der Waals surface area contributed by atoms with E-state index in [0.29, 0.717) is 0 Å². The molecule has 0 saturated heterocycles. The third-order valence-corrected chi connectivity index (χ3v) is 12.3. The monoisotopic (exact) mass is 766 g/mol. The summed E-state index contributed by atoms with van der Waals surface area (Å²) in [5, 5.41) is 5.04. The lowest BCUT2D eigenvalue weighted by Gasteiger charge is -2.31. The third-order valence-electron chi connectivity index (χ3n) is 12.3. The molecule has 0 saturated carbocycles. The minimum atomic E-state index is 0.0121. The smallest absolute Gasteiger partial charge is 0.132 e. The molecule has 11 rings (SSSR count). The van der Waals surface area contributed by atoms with Gasteiger partial charge in [0.1, 0.15) is 6.17 Å². The van der Waals surface area contributed by atoms with Crippen LogP contribution in [0, 0.1) is 0 Å². The highest BCUT2D eigenvalue weighted by molar-refractivity contribution is 6.22. The number of rotatable bonds is 7. The predicted molar refractivity (Wildman–Crippen MR) is 255 cm³/mol. The Morgan fingerprint density at radius 3 is 1.32 bits per heavy atom. The second-order valence-electron chi connectivity index (χ2n) is 15.7. The second kappa shape index (κ2) is 14.9. The van der Waals surface area contributed by atoms with Gasteiger partial charge in [0.2, 0.25) is 0 Å². The first-order chi connectivity index (χ1) is 29.7. The molecule has 0 spiro atoms. The Hall–Kier alpha value is -7.68. The molecule has 0 aliphatic carbocycles. The molecule has 0 aromatic heterocycles. The van der Waals surface area contributed by atoms with E-state index in [1.54, 1.807) is 0 Å². The molecular formula is C58H42N2. The largest absolute Gasteiger partial charge is 0.348 e. The molecule has 0 N–H and O–H groups in total. The van der Waals surface area contributed by atoms with Crippen LogP contribution in [0.15, 0.2) is 231 Å². The number of fused-ring (bicyclic) bond motifs is 3. The van der Waals surface area contributed by atoms with Crippen molar-refractivity contribution in [2.75, 3.05) is 16.8 Å². The Morgan fingerprint density at radius 1 is 0.317 bits per heavy atom. The van der Waals surface area contributed by atoms with E-state index in [9.17, 15) is 0 Å². The Morgan fingerprint density at radius 2 is 0.733 bits per heavy atom. The van der Waals surface area contributed by atoms with Crippen molar-refractivity contribution in [3.8, 4) is 55.6 Å². The van der Waals surface area contributed by atoms with E-state index in [-0.39, 0.29) is 6.17 Å². The van der Waals surface area contributed by atoms with E-state index in [1.165, 1.54) is 99.8 Å². The zero-order chi connectivity index (χ0) is 40.0. The van der Waals surface area contributed by atoms with Crippen molar-refractivity contribution in [2.24, 2.45) is 0 Å². The second-order valence-corrected chi connectivity index (χ2v) is 15.7. The lowest BCUT2D eigenvalue weighted by molar-refractivity contribution is 0.719. The van der Waals surface area contributed by atoms with Gasteiger partial charge in [-0.3, -0.25) is 0 Å². The summed E-state index contributed by atoms with van der Waals surface area (Å²) in [6, 6.07) is 84.1. The highest BCUT2D eigenvalue weighted by Gasteiger charge is 2.37. The van der Waals surface area contributed by atoms with Gasteiger partial charge in [-0.2, -0.15) is 0 Å². The van der Waals surface area contributed by atoms with Crippen molar-refractivity contribution in [3.05, 3.63) is 236 Å². The van der Waals surface area contributed by atoms with Gasteiger partial charge in [-0.1, -0.05) is 200 Å². The van der Waals surface area contributed by atoms with Crippen molar-refractivity contribution in [1.82, 2.24) is 0 Å². The first kappa shape index (κ1) is 35.5. The first-order valence-electron chi connectivity index (χ1n) is 20.8. The van der Waals surface area contributed by atoms with Gasteiger partial charge in [0.25, 0.3) is 0 Å². The molecule has 1 aliphatic heterocycles. The average molecular weight is 767 g/mol. The number of nitrogens with zero attached hydrogens (tertiary/aromatic N) is 2. The molecule has 2 nitrogen and oxygen atoms in total. The van der Waals surface area contributed by atoms with Crippen LogP contribution < -0.4 is 9.80 Å². The normalized spacial score (nSPS) is 13.5. The van der Waals surface area contributed by atoms with E-state index in [0.717, 1.165) is 0 Å². The quantitative estimate of drug-likeness (QED) is 0.149. The topological polar surface area (TPSA) is 6.48 Å². The van der Waals surface area contributed by atoms with Gasteiger partial charge in [0.15, 0.2) is 0 Å². The summed E-state index contributed by atoms with van der Waals surface area (Å²) >= 11 is 0. The maximum atomic E-state index is 2.49. The summed E-state index contributed by atoms with van der Waals surface area (Å²) < 4.78 is 0. The van der Waals surface area contributed by atoms with Crippen LogP contribution in [0.2, 0.25) is 0 Å². The average Bonchev–Trinajstić information content (AvgIpc) is 3.62. The number of benzene rings is 10. The molecule has 0 radical (unpaired) electrons. The fourth-order valence-corrected chi connectivity index (χ4v) is 9.48. The van der Waals surface area contributed by atoms with Crippen LogP contribution in [0.25, 0.3) is 77.2 Å². The molecule has 10 aromatic carbocycles. The van der Waals surface area contributed by atoms with Gasteiger partial charge in [-0.25, -0.2) is 0 Å². The Bertz CT molecular complexity index is 3130. The van der Waals surface area contributed by atoms with Gasteiger partial charge in [0, 0.05) is 12.7 Å². The molecule has 2 heteroatoms. The van der Waals surface area contributed by atoms with Crippen LogP contribution in [0.5, 0.6) is 0 Å². The van der Waals surface area contributed by atoms with E-state index in [2.05, 4.69) is 247 Å². The fraction of sp³-hybridized carbons (Fsp3) is 0.0345. The minimum Gasteiger partial charge on any atom is -0.348 e. The number of hydrogen-bond acceptors (Lipinski definition) is 2. The van der Waals surface area contributed by atoms with Gasteiger partial charge in [-0.05, 0) is 113 Å². The lowest BCUT2D eigenvalue weighted by Crippen LogP contribution is -2.30. The van der Waals surface area contributed by atoms with E-state index >= 15 is 0 Å². The summed E-state index contributed by atoms with van der Waals surface area (Å²) in [4.78, 5) is 4.91. The number of para-hydroxylation sites is 1. The summed E-state index contributed by atoms with van der Waals surface area (Å²) in [7, 11) is 2.23. The van der Waals surface area contributed by atoms with E-state index in [1.807, 2.05) is 0 Å². The van der Waals surface area contributed by atoms with E-state index < -0.39 is 0 Å². The molecule has 1 aliphatic rings. The van der Waals surface area contributed by atoms with Crippen molar-refractivity contribution in [3.63, 3.8) is 0 Å². The maximum Gasteiger partial charge on any atom is 0.132 e. The number of anilines is 3. The predicted octanol–water partition coefficient (Wildman–Crippen LogP) is 15.6. The molecule has 1 atom stereocenters. The molecule has 1 heterocycles. The maximum absolute atomic E-state index is 2.49. The van der Waals surface area contributed by atoms with Crippen molar-refractivity contribution in [1.29, 1.82) is 0 Å². The molecule has 1 unspecified atom stereocenters. The van der Waals surface area contributed by atoms with Crippen LogP contribution >= 0.6 is 0 Å². The highest BCUT2D eigenvalue weighted by Crippen LogP contribution is 2.53. The molecule has 284 valence electrons. The van der Waals surface area contributed by atoms with Crippen molar-refractivity contribution in [2.45, 2.75) is 6.17 Å². The van der Waals surface area contributed by atoms with Gasteiger partial charge >= 0.3 is 0 Å². The SMILES string of the molecule is CN1c2cc(-c3ccc(-c4ccc5c(-c6ccccc6)c6ccccc6c(-c6ccccc6)c5c4)cc3)c(-c3ccccc3)cc2N(c2ccccc2)C1c1ccccc1. The Kier molecular flexibility index (Phi) is 8.82. The minimum absolute atomic E-state index is 0.0121. The molecule has 0 fully saturated rings. The third kappa shape index (κ3) is 6.04. The summed E-state index contributed by atoms with van der Waals surface area (Å²) in [6.45, 7) is 0. The summed E-state index contributed by atoms with van der Waals surface area (Å²) in [6.07, 6.45) is 0.0121. The summed E-state index contributed by atoms with van der Waals surface area (Å²) in [5.74, 6) is 0. The van der Waals surface area contributed by atoms with Crippen molar-refractivity contribution >= 4 is 38.6 Å². The summed E-state index contributed by atoms with van der Waals surface area (Å²) in [5.41, 5.74) is 17.0. The van der Waals surface area contributed by atoms with Crippen LogP contribution in [-0.4, -0.2) is 7.05 Å². The Labute approximate surface area is 351 Å². The molecule has 60 heavy (non-hydrogen) atoms. The molecule has 10 aromatic rings. The van der Waals surface area contributed by atoms with Crippen molar-refractivity contribution < 1.29 is 0 Å².